The van der Waals surface area contributed by atoms with Crippen LogP contribution in [0.25, 0.3) is 0 Å². The van der Waals surface area contributed by atoms with Crippen molar-refractivity contribution in [1.82, 2.24) is 4.90 Å². The van der Waals surface area contributed by atoms with Crippen molar-refractivity contribution in [3.05, 3.63) is 0 Å². The SMILES string of the molecule is C1CC(CN2CCO[C@H]3[C@H](OCC4CC4)CC[C@@H]32)CCO1.O=C(O)C(F)(F)F. The minimum Gasteiger partial charge on any atom is -0.475 e. The summed E-state index contributed by atoms with van der Waals surface area (Å²) >= 11 is 0. The van der Waals surface area contributed by atoms with E-state index in [1.54, 1.807) is 0 Å². The average molecular weight is 409 g/mol. The van der Waals surface area contributed by atoms with Gasteiger partial charge in [-0.05, 0) is 50.4 Å². The fraction of sp³-hybridized carbons (Fsp3) is 0.947. The van der Waals surface area contributed by atoms with Crippen LogP contribution < -0.4 is 0 Å². The van der Waals surface area contributed by atoms with Crippen molar-refractivity contribution in [2.75, 3.05) is 39.5 Å². The number of morpholine rings is 1. The third-order valence-corrected chi connectivity index (χ3v) is 5.97. The van der Waals surface area contributed by atoms with E-state index in [2.05, 4.69) is 4.90 Å². The molecule has 2 aliphatic heterocycles. The van der Waals surface area contributed by atoms with E-state index in [4.69, 9.17) is 24.1 Å². The number of aliphatic carboxylic acids is 1. The first kappa shape index (κ1) is 21.8. The number of fused-ring (bicyclic) bond motifs is 1. The molecule has 2 heterocycles. The summed E-state index contributed by atoms with van der Waals surface area (Å²) in [4.78, 5) is 11.6. The molecule has 0 radical (unpaired) electrons. The molecule has 0 aromatic heterocycles. The third-order valence-electron chi connectivity index (χ3n) is 5.97. The third kappa shape index (κ3) is 6.30. The molecule has 3 atom stereocenters. The van der Waals surface area contributed by atoms with E-state index < -0.39 is 12.1 Å². The lowest BCUT2D eigenvalue weighted by Crippen LogP contribution is -2.53. The van der Waals surface area contributed by atoms with Crippen LogP contribution in [0.1, 0.15) is 38.5 Å². The maximum Gasteiger partial charge on any atom is 0.490 e. The zero-order valence-electron chi connectivity index (χ0n) is 16.0. The summed E-state index contributed by atoms with van der Waals surface area (Å²) in [6, 6.07) is 0.603. The molecule has 4 aliphatic rings. The Morgan fingerprint density at radius 1 is 1.04 bits per heavy atom. The smallest absolute Gasteiger partial charge is 0.475 e. The van der Waals surface area contributed by atoms with Gasteiger partial charge in [0, 0.05) is 39.0 Å². The highest BCUT2D eigenvalue weighted by molar-refractivity contribution is 5.73. The van der Waals surface area contributed by atoms with Gasteiger partial charge in [0.2, 0.25) is 0 Å². The Hall–Kier alpha value is -0.900. The maximum atomic E-state index is 10.6. The Morgan fingerprint density at radius 3 is 2.32 bits per heavy atom. The second-order valence-electron chi connectivity index (χ2n) is 8.15. The molecule has 2 saturated heterocycles. The minimum absolute atomic E-state index is 0.331. The van der Waals surface area contributed by atoms with Gasteiger partial charge in [-0.1, -0.05) is 0 Å². The van der Waals surface area contributed by atoms with Crippen molar-refractivity contribution in [2.45, 2.75) is 63.0 Å². The van der Waals surface area contributed by atoms with Crippen LogP contribution in [0.5, 0.6) is 0 Å². The maximum absolute atomic E-state index is 10.6. The molecular weight excluding hydrogens is 379 g/mol. The molecule has 28 heavy (non-hydrogen) atoms. The summed E-state index contributed by atoms with van der Waals surface area (Å²) in [7, 11) is 0. The van der Waals surface area contributed by atoms with Crippen molar-refractivity contribution in [3.8, 4) is 0 Å². The first-order valence-electron chi connectivity index (χ1n) is 10.2. The molecule has 2 saturated carbocycles. The first-order chi connectivity index (χ1) is 13.3. The van der Waals surface area contributed by atoms with Gasteiger partial charge >= 0.3 is 12.1 Å². The lowest BCUT2D eigenvalue weighted by Gasteiger charge is -2.41. The lowest BCUT2D eigenvalue weighted by atomic mass is 9.98. The minimum atomic E-state index is -5.08. The second-order valence-corrected chi connectivity index (χ2v) is 8.15. The molecule has 0 unspecified atom stereocenters. The van der Waals surface area contributed by atoms with Gasteiger partial charge in [0.15, 0.2) is 0 Å². The molecule has 162 valence electrons. The Labute approximate surface area is 163 Å². The number of halogens is 3. The van der Waals surface area contributed by atoms with Crippen LogP contribution in [0.2, 0.25) is 0 Å². The molecule has 6 nitrogen and oxygen atoms in total. The van der Waals surface area contributed by atoms with Crippen molar-refractivity contribution in [2.24, 2.45) is 11.8 Å². The predicted octanol–water partition coefficient (Wildman–Crippen LogP) is 2.70. The van der Waals surface area contributed by atoms with E-state index in [-0.39, 0.29) is 0 Å². The van der Waals surface area contributed by atoms with Crippen LogP contribution in [0, 0.1) is 11.8 Å². The van der Waals surface area contributed by atoms with E-state index in [9.17, 15) is 13.2 Å². The highest BCUT2D eigenvalue weighted by Gasteiger charge is 2.44. The van der Waals surface area contributed by atoms with E-state index in [0.29, 0.717) is 18.2 Å². The number of carbonyl (C=O) groups is 1. The van der Waals surface area contributed by atoms with Crippen molar-refractivity contribution in [3.63, 3.8) is 0 Å². The Morgan fingerprint density at radius 2 is 1.71 bits per heavy atom. The topological polar surface area (TPSA) is 68.2 Å². The molecule has 2 aliphatic carbocycles. The fourth-order valence-corrected chi connectivity index (χ4v) is 4.20. The summed E-state index contributed by atoms with van der Waals surface area (Å²) in [6.07, 6.45) is 3.25. The van der Waals surface area contributed by atoms with Crippen LogP contribution in [0.4, 0.5) is 13.2 Å². The number of carboxylic acids is 1. The van der Waals surface area contributed by atoms with Crippen molar-refractivity contribution < 1.29 is 37.3 Å². The normalized spacial score (nSPS) is 31.8. The molecule has 0 amide bonds. The molecule has 1 N–H and O–H groups in total. The molecule has 0 aromatic rings. The number of alkyl halides is 3. The summed E-state index contributed by atoms with van der Waals surface area (Å²) in [5.41, 5.74) is 0. The predicted molar refractivity (Wildman–Crippen MR) is 94.0 cm³/mol. The Balaban J connectivity index is 0.000000279. The van der Waals surface area contributed by atoms with Crippen LogP contribution in [-0.4, -0.2) is 79.9 Å². The molecule has 4 rings (SSSR count). The van der Waals surface area contributed by atoms with Gasteiger partial charge in [0.05, 0.1) is 18.8 Å². The standard InChI is InChI=1S/C17H29NO3.C2HF3O2/c1-2-14(1)12-21-16-4-3-15-17(16)20-10-7-18(15)11-13-5-8-19-9-6-13;3-2(4,5)1(6)7/h13-17H,1-12H2;(H,6,7)/t15-,16+,17+;/m0./s1. The Kier molecular flexibility index (Phi) is 7.58. The van der Waals surface area contributed by atoms with Crippen LogP contribution in [0.3, 0.4) is 0 Å². The summed E-state index contributed by atoms with van der Waals surface area (Å²) < 4.78 is 49.5. The van der Waals surface area contributed by atoms with Crippen LogP contribution in [0.15, 0.2) is 0 Å². The van der Waals surface area contributed by atoms with E-state index in [1.807, 2.05) is 0 Å². The molecular formula is C19H30F3NO5. The number of hydrogen-bond acceptors (Lipinski definition) is 5. The Bertz CT molecular complexity index is 508. The summed E-state index contributed by atoms with van der Waals surface area (Å²) in [6.45, 7) is 6.11. The van der Waals surface area contributed by atoms with Crippen LogP contribution in [-0.2, 0) is 19.0 Å². The number of nitrogens with zero attached hydrogens (tertiary/aromatic N) is 1. The largest absolute Gasteiger partial charge is 0.490 e. The van der Waals surface area contributed by atoms with Gasteiger partial charge in [0.25, 0.3) is 0 Å². The van der Waals surface area contributed by atoms with Gasteiger partial charge in [-0.15, -0.1) is 0 Å². The van der Waals surface area contributed by atoms with Gasteiger partial charge in [-0.2, -0.15) is 13.2 Å². The average Bonchev–Trinajstić information content (AvgIpc) is 3.39. The molecule has 4 fully saturated rings. The molecule has 0 spiro atoms. The fourth-order valence-electron chi connectivity index (χ4n) is 4.20. The quantitative estimate of drug-likeness (QED) is 0.753. The van der Waals surface area contributed by atoms with Gasteiger partial charge in [-0.3, -0.25) is 4.90 Å². The van der Waals surface area contributed by atoms with Gasteiger partial charge < -0.3 is 19.3 Å². The summed E-state index contributed by atoms with van der Waals surface area (Å²) in [5, 5.41) is 7.12. The zero-order chi connectivity index (χ0) is 20.1. The van der Waals surface area contributed by atoms with Crippen molar-refractivity contribution >= 4 is 5.97 Å². The summed E-state index contributed by atoms with van der Waals surface area (Å²) in [5.74, 6) is -1.08. The number of ether oxygens (including phenoxy) is 3. The first-order valence-corrected chi connectivity index (χ1v) is 10.2. The van der Waals surface area contributed by atoms with Gasteiger partial charge in [-0.25, -0.2) is 4.79 Å². The zero-order valence-corrected chi connectivity index (χ0v) is 16.0. The highest BCUT2D eigenvalue weighted by Crippen LogP contribution is 2.35. The highest BCUT2D eigenvalue weighted by atomic mass is 19.4. The van der Waals surface area contributed by atoms with E-state index in [1.165, 1.54) is 45.1 Å². The monoisotopic (exact) mass is 409 g/mol. The number of carboxylic acid groups (broad SMARTS) is 1. The number of rotatable bonds is 5. The molecule has 9 heteroatoms. The van der Waals surface area contributed by atoms with E-state index in [0.717, 1.165) is 44.8 Å². The van der Waals surface area contributed by atoms with Gasteiger partial charge in [0.1, 0.15) is 0 Å². The number of hydrogen-bond donors (Lipinski definition) is 1. The molecule has 0 bridgehead atoms. The second kappa shape index (κ2) is 9.73. The van der Waals surface area contributed by atoms with E-state index >= 15 is 0 Å². The molecule has 0 aromatic carbocycles. The lowest BCUT2D eigenvalue weighted by molar-refractivity contribution is -0.192. The van der Waals surface area contributed by atoms with Crippen molar-refractivity contribution in [1.29, 1.82) is 0 Å². The van der Waals surface area contributed by atoms with Crippen LogP contribution >= 0.6 is 0 Å².